The Morgan fingerprint density at radius 2 is 1.89 bits per heavy atom. The molecule has 45 valence electrons. The first-order valence-electron chi connectivity index (χ1n) is 2.82. The molecule has 0 N–H and O–H groups in total. The fraction of sp³-hybridized carbons (Fsp3) is 0.143. The van der Waals surface area contributed by atoms with Crippen molar-refractivity contribution < 1.29 is 3.08 Å². The van der Waals surface area contributed by atoms with E-state index in [1.807, 2.05) is 30.3 Å². The number of benzene rings is 1. The molecule has 1 aromatic carbocycles. The molecule has 0 saturated carbocycles. The number of hydrogen-bond donors (Lipinski definition) is 0. The van der Waals surface area contributed by atoms with Crippen molar-refractivity contribution in [3.63, 3.8) is 0 Å². The van der Waals surface area contributed by atoms with Gasteiger partial charge in [-0.05, 0) is 0 Å². The third-order valence-electron chi connectivity index (χ3n) is 1.12. The molecule has 1 rings (SSSR count). The number of rotatable bonds is 2. The number of hydrogen-bond acceptors (Lipinski definition) is 1. The van der Waals surface area contributed by atoms with Crippen molar-refractivity contribution in [2.75, 3.05) is 0 Å². The molecule has 0 amide bonds. The molecule has 1 nitrogen and oxygen atoms in total. The molecule has 0 atom stereocenters. The minimum atomic E-state index is -1.26. The van der Waals surface area contributed by atoms with Crippen LogP contribution in [0.25, 0.3) is 0 Å². The average molecular weight is 226 g/mol. The first kappa shape index (κ1) is 6.93. The maximum absolute atomic E-state index is 10.3. The zero-order chi connectivity index (χ0) is 6.53. The second kappa shape index (κ2) is 3.77. The van der Waals surface area contributed by atoms with Gasteiger partial charge < -0.3 is 0 Å². The van der Waals surface area contributed by atoms with Gasteiger partial charge in [0.15, 0.2) is 0 Å². The Morgan fingerprint density at radius 3 is 2.44 bits per heavy atom. The van der Waals surface area contributed by atoms with E-state index in [-0.39, 0.29) is 0 Å². The van der Waals surface area contributed by atoms with E-state index < -0.39 is 21.1 Å². The average Bonchev–Trinajstić information content (AvgIpc) is 1.91. The van der Waals surface area contributed by atoms with E-state index in [0.29, 0.717) is 0 Å². The summed E-state index contributed by atoms with van der Waals surface area (Å²) in [6.45, 7) is 0. The summed E-state index contributed by atoms with van der Waals surface area (Å²) in [7, 11) is 0. The fourth-order valence-corrected chi connectivity index (χ4v) is 1.83. The summed E-state index contributed by atoms with van der Waals surface area (Å²) in [6, 6.07) is 9.95. The van der Waals surface area contributed by atoms with E-state index in [4.69, 9.17) is 0 Å². The van der Waals surface area contributed by atoms with Crippen LogP contribution in [-0.4, -0.2) is 21.1 Å². The molecule has 0 bridgehead atoms. The normalized spacial score (nSPS) is 8.89. The van der Waals surface area contributed by atoms with Gasteiger partial charge in [-0.25, -0.2) is 0 Å². The summed E-state index contributed by atoms with van der Waals surface area (Å²) >= 11 is -1.26. The molecule has 0 fully saturated rings. The van der Waals surface area contributed by atoms with Gasteiger partial charge >= 0.3 is 64.5 Å². The van der Waals surface area contributed by atoms with E-state index in [1.165, 1.54) is 5.56 Å². The standard InChI is InChI=1S/C7H7.O.Sn/c1-7-5-3-2-4-6-7;;/h2-6H,1H2;;. The summed E-state index contributed by atoms with van der Waals surface area (Å²) < 4.78 is 11.1. The van der Waals surface area contributed by atoms with Crippen LogP contribution < -0.4 is 0 Å². The van der Waals surface area contributed by atoms with E-state index >= 15 is 0 Å². The molecule has 2 heteroatoms. The van der Waals surface area contributed by atoms with Gasteiger partial charge in [0.25, 0.3) is 0 Å². The molecule has 0 saturated heterocycles. The molecule has 0 aliphatic heterocycles. The van der Waals surface area contributed by atoms with Crippen molar-refractivity contribution in [2.45, 2.75) is 4.44 Å². The first-order chi connectivity index (χ1) is 4.43. The van der Waals surface area contributed by atoms with Crippen molar-refractivity contribution in [1.82, 2.24) is 0 Å². The van der Waals surface area contributed by atoms with E-state index in [0.717, 1.165) is 4.44 Å². The molecular formula is C7H7OSn. The van der Waals surface area contributed by atoms with Crippen molar-refractivity contribution >= 4 is 21.1 Å². The Morgan fingerprint density at radius 1 is 1.22 bits per heavy atom. The van der Waals surface area contributed by atoms with Crippen LogP contribution in [0.15, 0.2) is 30.3 Å². The molecule has 1 aromatic rings. The summed E-state index contributed by atoms with van der Waals surface area (Å²) in [5, 5.41) is 0. The Hall–Kier alpha value is -0.181. The van der Waals surface area contributed by atoms with E-state index in [2.05, 4.69) is 0 Å². The SMILES string of the molecule is [O]=[Sn][CH2]c1ccccc1. The van der Waals surface area contributed by atoms with Crippen molar-refractivity contribution in [2.24, 2.45) is 0 Å². The second-order valence-corrected chi connectivity index (χ2v) is 3.64. The van der Waals surface area contributed by atoms with Crippen molar-refractivity contribution in [1.29, 1.82) is 0 Å². The van der Waals surface area contributed by atoms with Crippen LogP contribution in [0.3, 0.4) is 0 Å². The fourth-order valence-electron chi connectivity index (χ4n) is 0.679. The van der Waals surface area contributed by atoms with Crippen LogP contribution in [0.2, 0.25) is 0 Å². The summed E-state index contributed by atoms with van der Waals surface area (Å²) in [4.78, 5) is 0. The second-order valence-electron chi connectivity index (χ2n) is 1.81. The topological polar surface area (TPSA) is 17.1 Å². The maximum atomic E-state index is 10.3. The molecule has 0 heterocycles. The molecule has 0 aliphatic carbocycles. The predicted octanol–water partition coefficient (Wildman–Crippen LogP) is 1.24. The van der Waals surface area contributed by atoms with Crippen LogP contribution in [-0.2, 0) is 7.51 Å². The van der Waals surface area contributed by atoms with Crippen LogP contribution in [0.5, 0.6) is 0 Å². The Bertz CT molecular complexity index is 183. The third-order valence-corrected chi connectivity index (χ3v) is 2.70. The molecular weight excluding hydrogens is 219 g/mol. The molecule has 0 spiro atoms. The predicted molar refractivity (Wildman–Crippen MR) is 36.6 cm³/mol. The van der Waals surface area contributed by atoms with E-state index in [9.17, 15) is 3.08 Å². The molecule has 9 heavy (non-hydrogen) atoms. The Labute approximate surface area is 64.7 Å². The van der Waals surface area contributed by atoms with Gasteiger partial charge in [-0.2, -0.15) is 0 Å². The quantitative estimate of drug-likeness (QED) is 0.693. The van der Waals surface area contributed by atoms with Crippen LogP contribution >= 0.6 is 0 Å². The summed E-state index contributed by atoms with van der Waals surface area (Å²) in [5.41, 5.74) is 1.21. The van der Waals surface area contributed by atoms with Crippen molar-refractivity contribution in [3.8, 4) is 0 Å². The van der Waals surface area contributed by atoms with Crippen LogP contribution in [0.4, 0.5) is 0 Å². The molecule has 0 unspecified atom stereocenters. The summed E-state index contributed by atoms with van der Waals surface area (Å²) in [5.74, 6) is 0. The molecule has 0 aromatic heterocycles. The summed E-state index contributed by atoms with van der Waals surface area (Å²) in [6.07, 6.45) is 0. The minimum absolute atomic E-state index is 0.824. The van der Waals surface area contributed by atoms with Gasteiger partial charge in [-0.1, -0.05) is 0 Å². The van der Waals surface area contributed by atoms with Crippen molar-refractivity contribution in [3.05, 3.63) is 35.9 Å². The van der Waals surface area contributed by atoms with Gasteiger partial charge in [0, 0.05) is 0 Å². The van der Waals surface area contributed by atoms with Gasteiger partial charge in [0.2, 0.25) is 0 Å². The zero-order valence-electron chi connectivity index (χ0n) is 5.00. The zero-order valence-corrected chi connectivity index (χ0v) is 7.86. The van der Waals surface area contributed by atoms with Crippen LogP contribution in [0, 0.1) is 0 Å². The monoisotopic (exact) mass is 227 g/mol. The van der Waals surface area contributed by atoms with Gasteiger partial charge in [-0.15, -0.1) is 0 Å². The van der Waals surface area contributed by atoms with Gasteiger partial charge in [0.05, 0.1) is 0 Å². The first-order valence-corrected chi connectivity index (χ1v) is 6.01. The molecule has 1 radical (unpaired) electrons. The van der Waals surface area contributed by atoms with Crippen LogP contribution in [0.1, 0.15) is 5.56 Å². The third kappa shape index (κ3) is 2.26. The van der Waals surface area contributed by atoms with Gasteiger partial charge in [-0.3, -0.25) is 0 Å². The Balaban J connectivity index is 2.72. The van der Waals surface area contributed by atoms with E-state index in [1.54, 1.807) is 0 Å². The molecule has 0 aliphatic rings. The Kier molecular flexibility index (Phi) is 2.90. The van der Waals surface area contributed by atoms with Gasteiger partial charge in [0.1, 0.15) is 0 Å².